The van der Waals surface area contributed by atoms with Crippen molar-refractivity contribution in [1.82, 2.24) is 0 Å². The molecular formula is C36H44Cl2O9. The van der Waals surface area contributed by atoms with Crippen molar-refractivity contribution in [3.63, 3.8) is 0 Å². The molecule has 0 saturated heterocycles. The molecule has 2 aromatic carbocycles. The molecule has 0 aromatic heterocycles. The Morgan fingerprint density at radius 1 is 0.894 bits per heavy atom. The highest BCUT2D eigenvalue weighted by Gasteiger charge is 2.54. The van der Waals surface area contributed by atoms with Crippen LogP contribution in [-0.2, 0) is 44.5 Å². The molecule has 47 heavy (non-hydrogen) atoms. The van der Waals surface area contributed by atoms with Gasteiger partial charge in [-0.1, -0.05) is 47.5 Å². The van der Waals surface area contributed by atoms with Crippen LogP contribution in [0.4, 0.5) is 0 Å². The largest absolute Gasteiger partial charge is 0.507 e. The Balaban J connectivity index is 0.000000214. The fraction of sp³-hybridized carbons (Fsp3) is 0.528. The number of aliphatic hydroxyl groups excluding tert-OH is 1. The summed E-state index contributed by atoms with van der Waals surface area (Å²) in [5.41, 5.74) is 1.01. The molecule has 0 amide bonds. The minimum atomic E-state index is -1.26. The third-order valence-electron chi connectivity index (χ3n) is 8.92. The molecule has 11 heteroatoms. The average molecular weight is 692 g/mol. The van der Waals surface area contributed by atoms with Gasteiger partial charge in [0.25, 0.3) is 0 Å². The number of rotatable bonds is 10. The van der Waals surface area contributed by atoms with Gasteiger partial charge in [-0.15, -0.1) is 0 Å². The van der Waals surface area contributed by atoms with Crippen molar-refractivity contribution in [3.8, 4) is 0 Å². The molecule has 1 N–H and O–H groups in total. The number of hydrogen-bond donors (Lipinski definition) is 1. The van der Waals surface area contributed by atoms with Crippen LogP contribution < -0.4 is 0 Å². The molecule has 5 rings (SSSR count). The summed E-state index contributed by atoms with van der Waals surface area (Å²) in [6.07, 6.45) is 3.14. The van der Waals surface area contributed by atoms with E-state index in [2.05, 4.69) is 0 Å². The number of carbonyl (C=O) groups is 3. The summed E-state index contributed by atoms with van der Waals surface area (Å²) >= 11 is 12.4. The summed E-state index contributed by atoms with van der Waals surface area (Å²) in [5.74, 6) is -1.50. The first-order chi connectivity index (χ1) is 22.4. The second-order valence-electron chi connectivity index (χ2n) is 12.1. The standard InChI is InChI=1S/C19H25ClO5.C17H19ClO4/c1-4-23-14-9-10-19(12-14,18(22)24-5-2)25-17(21)11-15-13(3)7-6-8-16(15)20;1-3-21-11-7-8-17(9-11)15(19)14(16(20)22-17)13-10(2)5-4-6-12(13)18/h6-8,14H,4-5,9-12H2,1-3H3;4-6,11,19H,3,7-9H2,1-2H3. The van der Waals surface area contributed by atoms with Crippen LogP contribution in [0.5, 0.6) is 0 Å². The maximum Gasteiger partial charge on any atom is 0.350 e. The topological polar surface area (TPSA) is 118 Å². The van der Waals surface area contributed by atoms with E-state index in [0.29, 0.717) is 66.5 Å². The van der Waals surface area contributed by atoms with Gasteiger partial charge in [0.1, 0.15) is 5.57 Å². The Hall–Kier alpha value is -3.11. The third kappa shape index (κ3) is 8.13. The van der Waals surface area contributed by atoms with Gasteiger partial charge in [0.05, 0.1) is 25.2 Å². The number of ether oxygens (including phenoxy) is 5. The summed E-state index contributed by atoms with van der Waals surface area (Å²) < 4.78 is 27.6. The van der Waals surface area contributed by atoms with Crippen LogP contribution >= 0.6 is 23.2 Å². The summed E-state index contributed by atoms with van der Waals surface area (Å²) in [7, 11) is 0. The van der Waals surface area contributed by atoms with E-state index in [0.717, 1.165) is 17.5 Å². The SMILES string of the molecule is CCOC(=O)C1(OC(=O)Cc2c(C)cccc2Cl)CCC(OCC)C1.CCOC1CCC2(C1)OC(=O)C(c1c(C)cccc1Cl)=C2O. The molecule has 1 aliphatic heterocycles. The number of halogens is 2. The Labute approximate surface area is 286 Å². The number of hydrogen-bond acceptors (Lipinski definition) is 9. The molecule has 256 valence electrons. The zero-order chi connectivity index (χ0) is 34.4. The fourth-order valence-electron chi connectivity index (χ4n) is 6.64. The molecule has 2 aromatic rings. The molecule has 2 saturated carbocycles. The maximum atomic E-state index is 12.5. The van der Waals surface area contributed by atoms with Crippen LogP contribution in [0.25, 0.3) is 5.57 Å². The zero-order valence-electron chi connectivity index (χ0n) is 27.7. The van der Waals surface area contributed by atoms with E-state index in [9.17, 15) is 19.5 Å². The average Bonchev–Trinajstić information content (AvgIpc) is 3.68. The first kappa shape index (κ1) is 36.7. The lowest BCUT2D eigenvalue weighted by Gasteiger charge is -2.27. The minimum Gasteiger partial charge on any atom is -0.507 e. The molecular weight excluding hydrogens is 647 g/mol. The van der Waals surface area contributed by atoms with E-state index in [1.54, 1.807) is 19.1 Å². The Bertz CT molecular complexity index is 1460. The van der Waals surface area contributed by atoms with Crippen LogP contribution in [0, 0.1) is 13.8 Å². The summed E-state index contributed by atoms with van der Waals surface area (Å²) in [5, 5.41) is 11.7. The van der Waals surface area contributed by atoms with Crippen molar-refractivity contribution in [2.45, 2.75) is 103 Å². The van der Waals surface area contributed by atoms with Crippen molar-refractivity contribution in [3.05, 3.63) is 74.5 Å². The molecule has 2 aliphatic carbocycles. The first-order valence-electron chi connectivity index (χ1n) is 16.2. The van der Waals surface area contributed by atoms with E-state index < -0.39 is 29.1 Å². The highest BCUT2D eigenvalue weighted by Crippen LogP contribution is 2.48. The Morgan fingerprint density at radius 3 is 2.13 bits per heavy atom. The monoisotopic (exact) mass is 690 g/mol. The highest BCUT2D eigenvalue weighted by atomic mass is 35.5. The molecule has 1 spiro atoms. The number of carbonyl (C=O) groups excluding carboxylic acids is 3. The van der Waals surface area contributed by atoms with Gasteiger partial charge in [-0.25, -0.2) is 9.59 Å². The van der Waals surface area contributed by atoms with Crippen LogP contribution in [-0.4, -0.2) is 66.2 Å². The third-order valence-corrected chi connectivity index (χ3v) is 9.59. The van der Waals surface area contributed by atoms with Crippen molar-refractivity contribution >= 4 is 46.7 Å². The Morgan fingerprint density at radius 2 is 1.51 bits per heavy atom. The van der Waals surface area contributed by atoms with Gasteiger partial charge in [0.2, 0.25) is 5.60 Å². The van der Waals surface area contributed by atoms with Gasteiger partial charge in [-0.3, -0.25) is 4.79 Å². The first-order valence-corrected chi connectivity index (χ1v) is 16.9. The minimum absolute atomic E-state index is 0.00379. The Kier molecular flexibility index (Phi) is 12.4. The van der Waals surface area contributed by atoms with Crippen LogP contribution in [0.1, 0.15) is 81.5 Å². The van der Waals surface area contributed by atoms with Crippen molar-refractivity contribution in [2.24, 2.45) is 0 Å². The summed E-state index contributed by atoms with van der Waals surface area (Å²) in [4.78, 5) is 37.4. The van der Waals surface area contributed by atoms with Gasteiger partial charge in [-0.05, 0) is 82.7 Å². The van der Waals surface area contributed by atoms with Crippen molar-refractivity contribution in [1.29, 1.82) is 0 Å². The van der Waals surface area contributed by atoms with E-state index in [1.165, 1.54) is 0 Å². The lowest BCUT2D eigenvalue weighted by atomic mass is 9.93. The van der Waals surface area contributed by atoms with E-state index in [-0.39, 0.29) is 36.6 Å². The maximum absolute atomic E-state index is 12.5. The lowest BCUT2D eigenvalue weighted by Crippen LogP contribution is -2.43. The molecule has 2 fully saturated rings. The van der Waals surface area contributed by atoms with E-state index in [4.69, 9.17) is 46.9 Å². The smallest absolute Gasteiger partial charge is 0.350 e. The number of benzene rings is 2. The lowest BCUT2D eigenvalue weighted by molar-refractivity contribution is -0.182. The van der Waals surface area contributed by atoms with E-state index >= 15 is 0 Å². The summed E-state index contributed by atoms with van der Waals surface area (Å²) in [6.45, 7) is 10.7. The van der Waals surface area contributed by atoms with Gasteiger partial charge in [-0.2, -0.15) is 0 Å². The number of esters is 3. The predicted octanol–water partition coefficient (Wildman–Crippen LogP) is 7.43. The molecule has 4 atom stereocenters. The molecule has 0 radical (unpaired) electrons. The quantitative estimate of drug-likeness (QED) is 0.201. The summed E-state index contributed by atoms with van der Waals surface area (Å²) in [6, 6.07) is 10.8. The molecule has 9 nitrogen and oxygen atoms in total. The molecule has 1 heterocycles. The van der Waals surface area contributed by atoms with Gasteiger partial charge in [0, 0.05) is 48.1 Å². The normalized spacial score (nSPS) is 25.0. The molecule has 0 bridgehead atoms. The zero-order valence-corrected chi connectivity index (χ0v) is 29.2. The predicted molar refractivity (Wildman–Crippen MR) is 178 cm³/mol. The number of aryl methyl sites for hydroxylation is 2. The van der Waals surface area contributed by atoms with Crippen LogP contribution in [0.15, 0.2) is 42.2 Å². The number of aliphatic hydroxyl groups is 1. The second kappa shape index (κ2) is 15.9. The van der Waals surface area contributed by atoms with Crippen molar-refractivity contribution in [2.75, 3.05) is 19.8 Å². The molecule has 3 aliphatic rings. The fourth-order valence-corrected chi connectivity index (χ4v) is 7.24. The molecule has 4 unspecified atom stereocenters. The second-order valence-corrected chi connectivity index (χ2v) is 12.9. The van der Waals surface area contributed by atoms with Gasteiger partial charge < -0.3 is 28.8 Å². The van der Waals surface area contributed by atoms with Crippen LogP contribution in [0.3, 0.4) is 0 Å². The highest BCUT2D eigenvalue weighted by molar-refractivity contribution is 6.35. The van der Waals surface area contributed by atoms with Crippen LogP contribution in [0.2, 0.25) is 10.0 Å². The van der Waals surface area contributed by atoms with Gasteiger partial charge >= 0.3 is 17.9 Å². The van der Waals surface area contributed by atoms with Crippen molar-refractivity contribution < 1.29 is 43.2 Å². The van der Waals surface area contributed by atoms with E-state index in [1.807, 2.05) is 52.0 Å². The van der Waals surface area contributed by atoms with Gasteiger partial charge in [0.15, 0.2) is 11.4 Å².